The maximum atomic E-state index is 11.7. The summed E-state index contributed by atoms with van der Waals surface area (Å²) in [6.07, 6.45) is 3.40. The summed E-state index contributed by atoms with van der Waals surface area (Å²) in [6.45, 7) is 7.10. The minimum Gasteiger partial charge on any atom is -0.355 e. The molecular formula is C12H20N2O. The van der Waals surface area contributed by atoms with Crippen molar-refractivity contribution in [1.29, 1.82) is 5.26 Å². The average molecular weight is 208 g/mol. The highest BCUT2D eigenvalue weighted by molar-refractivity contribution is 5.86. The molecule has 0 saturated heterocycles. The Bertz CT molecular complexity index is 279. The normalized spacial score (nSPS) is 18.8. The molecule has 1 saturated carbocycles. The van der Waals surface area contributed by atoms with Gasteiger partial charge >= 0.3 is 0 Å². The van der Waals surface area contributed by atoms with Crippen molar-refractivity contribution in [3.05, 3.63) is 0 Å². The van der Waals surface area contributed by atoms with Gasteiger partial charge in [0.15, 0.2) is 0 Å². The molecule has 1 fully saturated rings. The molecule has 84 valence electrons. The molecule has 0 unspecified atom stereocenters. The summed E-state index contributed by atoms with van der Waals surface area (Å²) in [5.74, 6) is -0.0690. The standard InChI is InChI=1S/C12H20N2O/c1-11(2,3)7-8-14-10(15)12(9-13)5-4-6-12/h4-8H2,1-3H3,(H,14,15). The monoisotopic (exact) mass is 208 g/mol. The first kappa shape index (κ1) is 12.0. The summed E-state index contributed by atoms with van der Waals surface area (Å²) in [4.78, 5) is 11.7. The first-order valence-corrected chi connectivity index (χ1v) is 5.59. The van der Waals surface area contributed by atoms with Crippen LogP contribution in [0, 0.1) is 22.2 Å². The molecular weight excluding hydrogens is 188 g/mol. The highest BCUT2D eigenvalue weighted by Crippen LogP contribution is 2.40. The fraction of sp³-hybridized carbons (Fsp3) is 0.833. The molecule has 0 atom stereocenters. The van der Waals surface area contributed by atoms with Gasteiger partial charge in [0.1, 0.15) is 5.41 Å². The lowest BCUT2D eigenvalue weighted by Gasteiger charge is -2.33. The molecule has 1 aliphatic rings. The molecule has 1 rings (SSSR count). The van der Waals surface area contributed by atoms with E-state index >= 15 is 0 Å². The van der Waals surface area contributed by atoms with Gasteiger partial charge in [-0.15, -0.1) is 0 Å². The Morgan fingerprint density at radius 1 is 1.47 bits per heavy atom. The predicted molar refractivity (Wildman–Crippen MR) is 59.0 cm³/mol. The van der Waals surface area contributed by atoms with Crippen LogP contribution in [0.3, 0.4) is 0 Å². The number of carbonyl (C=O) groups is 1. The zero-order valence-corrected chi connectivity index (χ0v) is 9.89. The lowest BCUT2D eigenvalue weighted by molar-refractivity contribution is -0.131. The van der Waals surface area contributed by atoms with E-state index in [1.807, 2.05) is 0 Å². The van der Waals surface area contributed by atoms with Gasteiger partial charge in [0, 0.05) is 6.54 Å². The van der Waals surface area contributed by atoms with E-state index in [0.717, 1.165) is 25.7 Å². The van der Waals surface area contributed by atoms with Crippen LogP contribution in [0.1, 0.15) is 46.5 Å². The molecule has 1 aliphatic carbocycles. The highest BCUT2D eigenvalue weighted by Gasteiger charge is 2.44. The van der Waals surface area contributed by atoms with Crippen LogP contribution in [0.25, 0.3) is 0 Å². The highest BCUT2D eigenvalue weighted by atomic mass is 16.2. The Hall–Kier alpha value is -1.04. The Labute approximate surface area is 91.9 Å². The molecule has 0 heterocycles. The number of rotatable bonds is 3. The minimum atomic E-state index is -0.697. The maximum absolute atomic E-state index is 11.7. The molecule has 3 heteroatoms. The van der Waals surface area contributed by atoms with Gasteiger partial charge in [-0.05, 0) is 31.1 Å². The number of hydrogen-bond acceptors (Lipinski definition) is 2. The van der Waals surface area contributed by atoms with Crippen LogP contribution < -0.4 is 5.32 Å². The zero-order chi connectivity index (χ0) is 11.5. The van der Waals surface area contributed by atoms with Crippen LogP contribution in [-0.4, -0.2) is 12.5 Å². The van der Waals surface area contributed by atoms with Crippen molar-refractivity contribution in [3.63, 3.8) is 0 Å². The summed E-state index contributed by atoms with van der Waals surface area (Å²) in [5.41, 5.74) is -0.468. The van der Waals surface area contributed by atoms with Crippen molar-refractivity contribution in [2.75, 3.05) is 6.54 Å². The summed E-state index contributed by atoms with van der Waals surface area (Å²) in [5, 5.41) is 11.8. The molecule has 1 N–H and O–H groups in total. The van der Waals surface area contributed by atoms with Gasteiger partial charge in [0.25, 0.3) is 0 Å². The Morgan fingerprint density at radius 3 is 2.40 bits per heavy atom. The Morgan fingerprint density at radius 2 is 2.07 bits per heavy atom. The lowest BCUT2D eigenvalue weighted by Crippen LogP contribution is -2.45. The van der Waals surface area contributed by atoms with E-state index in [2.05, 4.69) is 32.2 Å². The number of nitrogens with zero attached hydrogens (tertiary/aromatic N) is 1. The van der Waals surface area contributed by atoms with Crippen LogP contribution in [-0.2, 0) is 4.79 Å². The number of nitriles is 1. The molecule has 1 amide bonds. The molecule has 3 nitrogen and oxygen atoms in total. The molecule has 0 aromatic heterocycles. The fourth-order valence-electron chi connectivity index (χ4n) is 1.64. The van der Waals surface area contributed by atoms with Crippen LogP contribution in [0.5, 0.6) is 0 Å². The van der Waals surface area contributed by atoms with Crippen molar-refractivity contribution in [2.45, 2.75) is 46.5 Å². The van der Waals surface area contributed by atoms with E-state index in [-0.39, 0.29) is 11.3 Å². The summed E-state index contributed by atoms with van der Waals surface area (Å²) < 4.78 is 0. The van der Waals surface area contributed by atoms with Gasteiger partial charge in [-0.2, -0.15) is 5.26 Å². The molecule has 0 bridgehead atoms. The summed E-state index contributed by atoms with van der Waals surface area (Å²) in [7, 11) is 0. The average Bonchev–Trinajstić information content (AvgIpc) is 2.00. The van der Waals surface area contributed by atoms with Gasteiger partial charge in [-0.1, -0.05) is 20.8 Å². The number of carbonyl (C=O) groups excluding carboxylic acids is 1. The molecule has 0 spiro atoms. The van der Waals surface area contributed by atoms with Crippen LogP contribution in [0.4, 0.5) is 0 Å². The summed E-state index contributed by atoms with van der Waals surface area (Å²) >= 11 is 0. The SMILES string of the molecule is CC(C)(C)CCNC(=O)C1(C#N)CCC1. The Balaban J connectivity index is 2.34. The van der Waals surface area contributed by atoms with Crippen molar-refractivity contribution in [2.24, 2.45) is 10.8 Å². The topological polar surface area (TPSA) is 52.9 Å². The van der Waals surface area contributed by atoms with E-state index in [4.69, 9.17) is 5.26 Å². The Kier molecular flexibility index (Phi) is 3.38. The zero-order valence-electron chi connectivity index (χ0n) is 9.89. The van der Waals surface area contributed by atoms with E-state index in [0.29, 0.717) is 6.54 Å². The van der Waals surface area contributed by atoms with E-state index in [1.165, 1.54) is 0 Å². The van der Waals surface area contributed by atoms with E-state index in [9.17, 15) is 4.79 Å². The minimum absolute atomic E-state index is 0.0690. The molecule has 0 aromatic carbocycles. The van der Waals surface area contributed by atoms with Gasteiger partial charge in [-0.3, -0.25) is 4.79 Å². The van der Waals surface area contributed by atoms with Gasteiger partial charge < -0.3 is 5.32 Å². The second kappa shape index (κ2) is 4.22. The predicted octanol–water partition coefficient (Wildman–Crippen LogP) is 2.23. The molecule has 0 radical (unpaired) electrons. The van der Waals surface area contributed by atoms with Gasteiger partial charge in [-0.25, -0.2) is 0 Å². The largest absolute Gasteiger partial charge is 0.355 e. The summed E-state index contributed by atoms with van der Waals surface area (Å²) in [6, 6.07) is 2.15. The third-order valence-corrected chi connectivity index (χ3v) is 3.02. The number of hydrogen-bond donors (Lipinski definition) is 1. The molecule has 0 aromatic rings. The molecule has 0 aliphatic heterocycles. The van der Waals surface area contributed by atoms with Crippen molar-refractivity contribution >= 4 is 5.91 Å². The fourth-order valence-corrected chi connectivity index (χ4v) is 1.64. The quantitative estimate of drug-likeness (QED) is 0.773. The first-order valence-electron chi connectivity index (χ1n) is 5.59. The molecule has 15 heavy (non-hydrogen) atoms. The van der Waals surface area contributed by atoms with E-state index in [1.54, 1.807) is 0 Å². The van der Waals surface area contributed by atoms with Crippen molar-refractivity contribution in [3.8, 4) is 6.07 Å². The van der Waals surface area contributed by atoms with Crippen molar-refractivity contribution < 1.29 is 4.79 Å². The van der Waals surface area contributed by atoms with Crippen molar-refractivity contribution in [1.82, 2.24) is 5.32 Å². The lowest BCUT2D eigenvalue weighted by atomic mass is 9.69. The third kappa shape index (κ3) is 2.95. The smallest absolute Gasteiger partial charge is 0.240 e. The van der Waals surface area contributed by atoms with E-state index < -0.39 is 5.41 Å². The van der Waals surface area contributed by atoms with Crippen LogP contribution in [0.2, 0.25) is 0 Å². The van der Waals surface area contributed by atoms with Gasteiger partial charge in [0.2, 0.25) is 5.91 Å². The second-order valence-corrected chi connectivity index (χ2v) is 5.61. The number of nitrogens with one attached hydrogen (secondary N) is 1. The van der Waals surface area contributed by atoms with Gasteiger partial charge in [0.05, 0.1) is 6.07 Å². The second-order valence-electron chi connectivity index (χ2n) is 5.61. The maximum Gasteiger partial charge on any atom is 0.240 e. The third-order valence-electron chi connectivity index (χ3n) is 3.02. The first-order chi connectivity index (χ1) is 6.90. The number of amides is 1. The van der Waals surface area contributed by atoms with Crippen LogP contribution in [0.15, 0.2) is 0 Å². The van der Waals surface area contributed by atoms with Crippen LogP contribution >= 0.6 is 0 Å².